The number of hydrogen-bond donors (Lipinski definition) is 2. The minimum atomic E-state index is -4.65. The van der Waals surface area contributed by atoms with Gasteiger partial charge in [-0.25, -0.2) is 14.4 Å². The molecule has 4 aromatic rings. The number of ether oxygens (including phenoxy) is 1. The normalized spacial score (nSPS) is 12.5. The number of nitrogens with two attached hydrogens (primary N) is 1. The van der Waals surface area contributed by atoms with E-state index in [-0.39, 0.29) is 51.7 Å². The van der Waals surface area contributed by atoms with Crippen LogP contribution in [0.3, 0.4) is 0 Å². The highest BCUT2D eigenvalue weighted by Gasteiger charge is 2.33. The number of hydrogen-bond acceptors (Lipinski definition) is 6. The number of fused-ring (bicyclic) bond motifs is 1. The Morgan fingerprint density at radius 2 is 1.89 bits per heavy atom. The molecule has 1 atom stereocenters. The fourth-order valence-electron chi connectivity index (χ4n) is 3.52. The molecule has 7 nitrogen and oxygen atoms in total. The second kappa shape index (κ2) is 9.34. The smallest absolute Gasteiger partial charge is 0.433 e. The van der Waals surface area contributed by atoms with Crippen LogP contribution in [0.25, 0.3) is 22.4 Å². The topological polar surface area (TPSA) is 103 Å². The average molecular weight is 488 g/mol. The molecule has 0 unspecified atom stereocenters. The Bertz CT molecular complexity index is 1400. The molecule has 0 aliphatic heterocycles. The maximum atomic E-state index is 13.9. The van der Waals surface area contributed by atoms with E-state index in [0.29, 0.717) is 0 Å². The number of methoxy groups -OCH3 is 1. The van der Waals surface area contributed by atoms with E-state index in [0.717, 1.165) is 6.07 Å². The van der Waals surface area contributed by atoms with Gasteiger partial charge in [-0.05, 0) is 37.3 Å². The molecule has 35 heavy (non-hydrogen) atoms. The minimum Gasteiger partial charge on any atom is -0.494 e. The zero-order valence-corrected chi connectivity index (χ0v) is 18.6. The van der Waals surface area contributed by atoms with Gasteiger partial charge in [0.05, 0.1) is 13.2 Å². The molecule has 2 aromatic heterocycles. The standard InChI is InChI=1S/C24H20F4N4O3/c1-12(29)21-20(22(33)30-11-13-5-3-4-6-16(13)25)32-23(35-21)15-7-9-17(34-2)19-14(15)8-10-18(31-19)24(26,27)28/h3-10,12H,11,29H2,1-2H3,(H,30,33)/t12-/m0/s1. The van der Waals surface area contributed by atoms with Crippen molar-refractivity contribution in [3.63, 3.8) is 0 Å². The van der Waals surface area contributed by atoms with Crippen molar-refractivity contribution in [2.75, 3.05) is 7.11 Å². The van der Waals surface area contributed by atoms with Crippen LogP contribution >= 0.6 is 0 Å². The van der Waals surface area contributed by atoms with Crippen LogP contribution < -0.4 is 15.8 Å². The lowest BCUT2D eigenvalue weighted by atomic mass is 10.1. The maximum absolute atomic E-state index is 13.9. The van der Waals surface area contributed by atoms with Crippen LogP contribution in [0.1, 0.15) is 40.5 Å². The first-order valence-corrected chi connectivity index (χ1v) is 10.4. The monoisotopic (exact) mass is 488 g/mol. The van der Waals surface area contributed by atoms with Crippen LogP contribution in [-0.2, 0) is 12.7 Å². The number of rotatable bonds is 6. The molecule has 0 aliphatic carbocycles. The first kappa shape index (κ1) is 24.1. The first-order valence-electron chi connectivity index (χ1n) is 10.4. The summed E-state index contributed by atoms with van der Waals surface area (Å²) in [7, 11) is 1.31. The number of benzene rings is 2. The molecule has 2 aromatic carbocycles. The molecule has 0 saturated heterocycles. The summed E-state index contributed by atoms with van der Waals surface area (Å²) in [5, 5.41) is 2.85. The lowest BCUT2D eigenvalue weighted by Crippen LogP contribution is -2.25. The summed E-state index contributed by atoms with van der Waals surface area (Å²) < 4.78 is 64.5. The molecule has 3 N–H and O–H groups in total. The van der Waals surface area contributed by atoms with Crippen molar-refractivity contribution in [1.29, 1.82) is 0 Å². The van der Waals surface area contributed by atoms with Crippen molar-refractivity contribution in [3.8, 4) is 17.2 Å². The van der Waals surface area contributed by atoms with Crippen LogP contribution in [0.4, 0.5) is 17.6 Å². The summed E-state index contributed by atoms with van der Waals surface area (Å²) >= 11 is 0. The van der Waals surface area contributed by atoms with Gasteiger partial charge in [0.1, 0.15) is 22.8 Å². The van der Waals surface area contributed by atoms with Crippen molar-refractivity contribution >= 4 is 16.8 Å². The third-order valence-electron chi connectivity index (χ3n) is 5.24. The van der Waals surface area contributed by atoms with Gasteiger partial charge in [0, 0.05) is 23.1 Å². The van der Waals surface area contributed by atoms with Crippen LogP contribution in [0.5, 0.6) is 5.75 Å². The second-order valence-corrected chi connectivity index (χ2v) is 7.70. The van der Waals surface area contributed by atoms with Crippen molar-refractivity contribution in [2.24, 2.45) is 5.73 Å². The van der Waals surface area contributed by atoms with E-state index >= 15 is 0 Å². The SMILES string of the molecule is COc1ccc(-c2nc(C(=O)NCc3ccccc3F)c([C@H](C)N)o2)c2ccc(C(F)(F)F)nc12. The van der Waals surface area contributed by atoms with Crippen LogP contribution in [0.2, 0.25) is 0 Å². The van der Waals surface area contributed by atoms with Crippen LogP contribution in [0.15, 0.2) is 52.9 Å². The lowest BCUT2D eigenvalue weighted by Gasteiger charge is -2.11. The van der Waals surface area contributed by atoms with E-state index in [1.807, 2.05) is 0 Å². The zero-order valence-electron chi connectivity index (χ0n) is 18.6. The van der Waals surface area contributed by atoms with Gasteiger partial charge < -0.3 is 20.2 Å². The summed E-state index contributed by atoms with van der Waals surface area (Å²) in [5.41, 5.74) is 5.28. The van der Waals surface area contributed by atoms with Crippen LogP contribution in [0, 0.1) is 5.82 Å². The Kier molecular flexibility index (Phi) is 6.44. The van der Waals surface area contributed by atoms with Crippen molar-refractivity contribution in [1.82, 2.24) is 15.3 Å². The number of aromatic nitrogens is 2. The highest BCUT2D eigenvalue weighted by Crippen LogP contribution is 2.37. The van der Waals surface area contributed by atoms with Gasteiger partial charge in [0.2, 0.25) is 5.89 Å². The summed E-state index contributed by atoms with van der Waals surface area (Å²) in [6.45, 7) is 1.49. The number of alkyl halides is 3. The molecular weight excluding hydrogens is 468 g/mol. The van der Waals surface area contributed by atoms with E-state index in [1.54, 1.807) is 13.0 Å². The lowest BCUT2D eigenvalue weighted by molar-refractivity contribution is -0.140. The molecule has 0 radical (unpaired) electrons. The molecule has 0 fully saturated rings. The Balaban J connectivity index is 1.75. The fourth-order valence-corrected chi connectivity index (χ4v) is 3.52. The third-order valence-corrected chi connectivity index (χ3v) is 5.24. The molecule has 0 saturated carbocycles. The van der Waals surface area contributed by atoms with Gasteiger partial charge in [-0.1, -0.05) is 18.2 Å². The second-order valence-electron chi connectivity index (χ2n) is 7.70. The summed E-state index contributed by atoms with van der Waals surface area (Å²) in [6.07, 6.45) is -4.65. The number of nitrogens with zero attached hydrogens (tertiary/aromatic N) is 2. The molecule has 182 valence electrons. The van der Waals surface area contributed by atoms with Gasteiger partial charge in [-0.2, -0.15) is 13.2 Å². The molecule has 0 bridgehead atoms. The van der Waals surface area contributed by atoms with Gasteiger partial charge in [-0.15, -0.1) is 0 Å². The maximum Gasteiger partial charge on any atom is 0.433 e. The van der Waals surface area contributed by atoms with Crippen molar-refractivity contribution in [3.05, 3.63) is 77.1 Å². The predicted octanol–water partition coefficient (Wildman–Crippen LogP) is 5.01. The Hall–Kier alpha value is -3.99. The van der Waals surface area contributed by atoms with E-state index in [4.69, 9.17) is 14.9 Å². The van der Waals surface area contributed by atoms with Gasteiger partial charge in [0.25, 0.3) is 5.91 Å². The number of carbonyl (C=O) groups excluding carboxylic acids is 1. The molecule has 11 heteroatoms. The highest BCUT2D eigenvalue weighted by molar-refractivity contribution is 5.98. The highest BCUT2D eigenvalue weighted by atomic mass is 19.4. The number of carbonyl (C=O) groups is 1. The molecule has 0 spiro atoms. The molecular formula is C24H20F4N4O3. The van der Waals surface area contributed by atoms with E-state index in [1.165, 1.54) is 43.5 Å². The Morgan fingerprint density at radius 1 is 1.14 bits per heavy atom. The number of oxazole rings is 1. The first-order chi connectivity index (χ1) is 16.6. The summed E-state index contributed by atoms with van der Waals surface area (Å²) in [5.74, 6) is -0.976. The molecule has 2 heterocycles. The van der Waals surface area contributed by atoms with E-state index < -0.39 is 29.6 Å². The Labute approximate surface area is 196 Å². The minimum absolute atomic E-state index is 0.0393. The van der Waals surface area contributed by atoms with Gasteiger partial charge in [-0.3, -0.25) is 4.79 Å². The fraction of sp³-hybridized carbons (Fsp3) is 0.208. The quantitative estimate of drug-likeness (QED) is 0.370. The Morgan fingerprint density at radius 3 is 2.54 bits per heavy atom. The number of nitrogens with one attached hydrogen (secondary N) is 1. The van der Waals surface area contributed by atoms with Gasteiger partial charge >= 0.3 is 6.18 Å². The largest absolute Gasteiger partial charge is 0.494 e. The van der Waals surface area contributed by atoms with E-state index in [2.05, 4.69) is 15.3 Å². The number of halogens is 4. The van der Waals surface area contributed by atoms with Gasteiger partial charge in [0.15, 0.2) is 11.5 Å². The predicted molar refractivity (Wildman–Crippen MR) is 119 cm³/mol. The van der Waals surface area contributed by atoms with Crippen molar-refractivity contribution < 1.29 is 31.5 Å². The third kappa shape index (κ3) is 4.80. The average Bonchev–Trinajstić information content (AvgIpc) is 3.27. The summed E-state index contributed by atoms with van der Waals surface area (Å²) in [4.78, 5) is 20.8. The van der Waals surface area contributed by atoms with E-state index in [9.17, 15) is 22.4 Å². The zero-order chi connectivity index (χ0) is 25.3. The van der Waals surface area contributed by atoms with Crippen molar-refractivity contribution in [2.45, 2.75) is 25.7 Å². The molecule has 0 aliphatic rings. The molecule has 1 amide bonds. The molecule has 4 rings (SSSR count). The number of pyridine rings is 1. The summed E-state index contributed by atoms with van der Waals surface area (Å²) in [6, 6.07) is 10.3. The van der Waals surface area contributed by atoms with Crippen LogP contribution in [-0.4, -0.2) is 23.0 Å². The number of amides is 1.